The Kier molecular flexibility index (Phi) is 9.32. The number of esters is 1. The molecule has 0 amide bonds. The first-order chi connectivity index (χ1) is 16.3. The first kappa shape index (κ1) is 26.4. The highest BCUT2D eigenvalue weighted by atomic mass is 16.7. The fourth-order valence-corrected chi connectivity index (χ4v) is 5.15. The van der Waals surface area contributed by atoms with E-state index in [9.17, 15) is 4.79 Å². The van der Waals surface area contributed by atoms with Crippen LogP contribution in [0.5, 0.6) is 0 Å². The number of ether oxygens (including phenoxy) is 3. The smallest absolute Gasteiger partial charge is 0.280 e. The number of benzene rings is 2. The third-order valence-corrected chi connectivity index (χ3v) is 7.14. The minimum Gasteiger partial charge on any atom is -0.471 e. The fourth-order valence-electron chi connectivity index (χ4n) is 5.15. The van der Waals surface area contributed by atoms with Crippen LogP contribution in [0.25, 0.3) is 0 Å². The lowest BCUT2D eigenvalue weighted by Gasteiger charge is -2.45. The number of methoxy groups -OCH3 is 1. The van der Waals surface area contributed by atoms with E-state index in [-0.39, 0.29) is 12.3 Å². The van der Waals surface area contributed by atoms with E-state index >= 15 is 0 Å². The van der Waals surface area contributed by atoms with Gasteiger partial charge in [0.2, 0.25) is 0 Å². The first-order valence-corrected chi connectivity index (χ1v) is 12.6. The molecule has 0 spiro atoms. The van der Waals surface area contributed by atoms with Gasteiger partial charge in [0.25, 0.3) is 5.97 Å². The van der Waals surface area contributed by atoms with E-state index in [4.69, 9.17) is 14.2 Å². The molecule has 4 atom stereocenters. The lowest BCUT2D eigenvalue weighted by Crippen LogP contribution is -2.39. The Labute approximate surface area is 206 Å². The summed E-state index contributed by atoms with van der Waals surface area (Å²) in [7, 11) is 1.44. The van der Waals surface area contributed by atoms with Crippen molar-refractivity contribution in [3.63, 3.8) is 0 Å². The standard InChI is InChI=1S/C30H41O4/c1-6-23(2)20-30(25-14-8-7-9-15-25,22-29(3,4)28(31)32-5)26-16-12-13-24(19-26)21-34-27-17-10-11-18-33-27/h7-9,12-16,19,23,27H,3,6,10-11,17-18,20-22H2,1-2,4-5H3/q-1. The van der Waals surface area contributed by atoms with Gasteiger partial charge < -0.3 is 21.1 Å². The van der Waals surface area contributed by atoms with Gasteiger partial charge in [-0.1, -0.05) is 93.6 Å². The highest BCUT2D eigenvalue weighted by molar-refractivity contribution is 5.77. The molecule has 0 aliphatic carbocycles. The summed E-state index contributed by atoms with van der Waals surface area (Å²) in [6, 6.07) is 19.2. The fraction of sp³-hybridized carbons (Fsp3) is 0.533. The largest absolute Gasteiger partial charge is 0.471 e. The summed E-state index contributed by atoms with van der Waals surface area (Å²) >= 11 is 0. The van der Waals surface area contributed by atoms with Gasteiger partial charge in [0.1, 0.15) is 0 Å². The molecule has 186 valence electrons. The molecule has 0 bridgehead atoms. The van der Waals surface area contributed by atoms with Crippen LogP contribution in [0.1, 0.15) is 76.0 Å². The Morgan fingerprint density at radius 3 is 2.53 bits per heavy atom. The summed E-state index contributed by atoms with van der Waals surface area (Å²) in [6.07, 6.45) is 5.59. The molecule has 3 rings (SSSR count). The third-order valence-electron chi connectivity index (χ3n) is 7.14. The van der Waals surface area contributed by atoms with Crippen molar-refractivity contribution in [3.05, 3.63) is 78.2 Å². The average molecular weight is 466 g/mol. The van der Waals surface area contributed by atoms with Gasteiger partial charge in [0, 0.05) is 12.0 Å². The van der Waals surface area contributed by atoms with Crippen molar-refractivity contribution in [2.24, 2.45) is 11.3 Å². The minimum atomic E-state index is -0.888. The molecule has 2 aromatic rings. The maximum atomic E-state index is 12.8. The first-order valence-electron chi connectivity index (χ1n) is 12.6. The zero-order valence-corrected chi connectivity index (χ0v) is 21.3. The van der Waals surface area contributed by atoms with E-state index in [2.05, 4.69) is 69.3 Å². The number of carbonyl (C=O) groups is 1. The molecule has 4 nitrogen and oxygen atoms in total. The van der Waals surface area contributed by atoms with Crippen molar-refractivity contribution in [1.29, 1.82) is 0 Å². The van der Waals surface area contributed by atoms with Crippen molar-refractivity contribution in [2.45, 2.75) is 77.6 Å². The van der Waals surface area contributed by atoms with Crippen LogP contribution in [-0.4, -0.2) is 26.0 Å². The molecule has 0 radical (unpaired) electrons. The number of rotatable bonds is 11. The zero-order chi connectivity index (χ0) is 24.6. The Morgan fingerprint density at radius 1 is 1.15 bits per heavy atom. The summed E-state index contributed by atoms with van der Waals surface area (Å²) < 4.78 is 17.0. The van der Waals surface area contributed by atoms with Crippen LogP contribution < -0.4 is 0 Å². The van der Waals surface area contributed by atoms with Crippen LogP contribution in [0.3, 0.4) is 0 Å². The number of carbonyl (C=O) groups excluding carboxylic acids is 1. The summed E-state index contributed by atoms with van der Waals surface area (Å²) in [5, 5.41) is 0. The van der Waals surface area contributed by atoms with Crippen molar-refractivity contribution in [3.8, 4) is 0 Å². The summed E-state index contributed by atoms with van der Waals surface area (Å²) in [5.74, 6) is 0.176. The predicted molar refractivity (Wildman–Crippen MR) is 136 cm³/mol. The zero-order valence-electron chi connectivity index (χ0n) is 21.3. The minimum absolute atomic E-state index is 0.126. The van der Waals surface area contributed by atoms with Gasteiger partial charge in [0.15, 0.2) is 6.29 Å². The molecule has 1 saturated heterocycles. The van der Waals surface area contributed by atoms with Crippen LogP contribution in [-0.2, 0) is 31.0 Å². The maximum Gasteiger partial charge on any atom is 0.280 e. The van der Waals surface area contributed by atoms with Crippen LogP contribution >= 0.6 is 0 Å². The highest BCUT2D eigenvalue weighted by Gasteiger charge is 2.40. The van der Waals surface area contributed by atoms with E-state index in [1.54, 1.807) is 0 Å². The van der Waals surface area contributed by atoms with Crippen molar-refractivity contribution < 1.29 is 19.0 Å². The monoisotopic (exact) mass is 465 g/mol. The average Bonchev–Trinajstić information content (AvgIpc) is 2.87. The molecule has 1 fully saturated rings. The molecule has 4 unspecified atom stereocenters. The van der Waals surface area contributed by atoms with Crippen molar-refractivity contribution >= 4 is 5.97 Å². The van der Waals surface area contributed by atoms with Gasteiger partial charge in [-0.2, -0.15) is 0 Å². The summed E-state index contributed by atoms with van der Waals surface area (Å²) in [5.41, 5.74) is 2.21. The molecule has 0 aromatic heterocycles. The normalized spacial score (nSPS) is 20.7. The molecule has 2 aromatic carbocycles. The van der Waals surface area contributed by atoms with Gasteiger partial charge in [-0.3, -0.25) is 4.79 Å². The Hall–Kier alpha value is -2.17. The molecule has 1 heterocycles. The lowest BCUT2D eigenvalue weighted by atomic mass is 9.61. The van der Waals surface area contributed by atoms with E-state index in [0.29, 0.717) is 18.9 Å². The topological polar surface area (TPSA) is 44.8 Å². The Morgan fingerprint density at radius 2 is 1.88 bits per heavy atom. The second-order valence-corrected chi connectivity index (χ2v) is 10.2. The van der Waals surface area contributed by atoms with Gasteiger partial charge in [0.05, 0.1) is 13.7 Å². The van der Waals surface area contributed by atoms with Gasteiger partial charge in [-0.25, -0.2) is 0 Å². The molecule has 0 N–H and O–H groups in total. The van der Waals surface area contributed by atoms with E-state index in [0.717, 1.165) is 44.3 Å². The molecular formula is C30H41O4-. The van der Waals surface area contributed by atoms with Gasteiger partial charge >= 0.3 is 0 Å². The van der Waals surface area contributed by atoms with Crippen molar-refractivity contribution in [1.82, 2.24) is 0 Å². The highest BCUT2D eigenvalue weighted by Crippen LogP contribution is 2.47. The van der Waals surface area contributed by atoms with Gasteiger partial charge in [-0.05, 0) is 48.3 Å². The third kappa shape index (κ3) is 6.49. The Balaban J connectivity index is 2.03. The van der Waals surface area contributed by atoms with E-state index in [1.807, 2.05) is 13.0 Å². The molecule has 0 saturated carbocycles. The van der Waals surface area contributed by atoms with Crippen molar-refractivity contribution in [2.75, 3.05) is 13.7 Å². The number of hydrogen-bond acceptors (Lipinski definition) is 4. The SMILES string of the molecule is [CH2-]C(C)(CC(CC(C)CC)(c1ccccc1)c1cccc(COC2CCCCO2)c1)C(=O)OC. The van der Waals surface area contributed by atoms with E-state index in [1.165, 1.54) is 18.2 Å². The summed E-state index contributed by atoms with van der Waals surface area (Å²) in [6.45, 7) is 12.0. The molecule has 1 aliphatic rings. The van der Waals surface area contributed by atoms with Crippen LogP contribution in [0, 0.1) is 18.3 Å². The second kappa shape index (κ2) is 12.0. The number of hydrogen-bond donors (Lipinski definition) is 0. The van der Waals surface area contributed by atoms with Crippen LogP contribution in [0.15, 0.2) is 54.6 Å². The van der Waals surface area contributed by atoms with Gasteiger partial charge in [-0.15, -0.1) is 0 Å². The second-order valence-electron chi connectivity index (χ2n) is 10.2. The van der Waals surface area contributed by atoms with E-state index < -0.39 is 10.8 Å². The quantitative estimate of drug-likeness (QED) is 0.269. The maximum absolute atomic E-state index is 12.8. The molecule has 1 aliphatic heterocycles. The molecule has 34 heavy (non-hydrogen) atoms. The molecule has 4 heteroatoms. The summed E-state index contributed by atoms with van der Waals surface area (Å²) in [4.78, 5) is 12.8. The molecular weight excluding hydrogens is 424 g/mol. The predicted octanol–water partition coefficient (Wildman–Crippen LogP) is 6.86. The van der Waals surface area contributed by atoms with Crippen LogP contribution in [0.2, 0.25) is 0 Å². The van der Waals surface area contributed by atoms with Crippen LogP contribution in [0.4, 0.5) is 0 Å². The Bertz CT molecular complexity index is 901. The lowest BCUT2D eigenvalue weighted by molar-refractivity contribution is -0.168.